The summed E-state index contributed by atoms with van der Waals surface area (Å²) >= 11 is 1.99. The van der Waals surface area contributed by atoms with Crippen LogP contribution in [0.1, 0.15) is 18.4 Å². The molecule has 1 aromatic carbocycles. The van der Waals surface area contributed by atoms with Gasteiger partial charge in [0.05, 0.1) is 6.54 Å². The third-order valence-corrected chi connectivity index (χ3v) is 4.91. The summed E-state index contributed by atoms with van der Waals surface area (Å²) in [5.41, 5.74) is 1.04. The molecule has 116 valence electrons. The molecule has 1 aliphatic rings. The highest BCUT2D eigenvalue weighted by Crippen LogP contribution is 2.20. The highest BCUT2D eigenvalue weighted by atomic mass is 32.2. The zero-order chi connectivity index (χ0) is 15.1. The Kier molecular flexibility index (Phi) is 6.51. The van der Waals surface area contributed by atoms with Crippen LogP contribution in [0.4, 0.5) is 4.39 Å². The molecule has 21 heavy (non-hydrogen) atoms. The number of carbonyl (C=O) groups excluding carboxylic acids is 1. The molecule has 1 aliphatic heterocycles. The Balaban J connectivity index is 1.65. The minimum atomic E-state index is -0.227. The average Bonchev–Trinajstić information content (AvgIpc) is 2.50. The van der Waals surface area contributed by atoms with E-state index in [1.165, 1.54) is 36.5 Å². The molecule has 0 saturated carbocycles. The van der Waals surface area contributed by atoms with Crippen molar-refractivity contribution in [1.82, 2.24) is 10.2 Å². The van der Waals surface area contributed by atoms with Gasteiger partial charge < -0.3 is 5.32 Å². The monoisotopic (exact) mass is 310 g/mol. The van der Waals surface area contributed by atoms with E-state index >= 15 is 0 Å². The van der Waals surface area contributed by atoms with E-state index in [9.17, 15) is 9.18 Å². The Bertz CT molecular complexity index is 446. The molecule has 1 amide bonds. The first-order valence-corrected chi connectivity index (χ1v) is 8.60. The summed E-state index contributed by atoms with van der Waals surface area (Å²) in [6, 6.07) is 6.95. The van der Waals surface area contributed by atoms with Crippen molar-refractivity contribution in [2.24, 2.45) is 0 Å². The molecule has 0 aromatic heterocycles. The summed E-state index contributed by atoms with van der Waals surface area (Å²) in [5, 5.41) is 2.94. The number of carbonyl (C=O) groups is 1. The van der Waals surface area contributed by atoms with Crippen molar-refractivity contribution < 1.29 is 9.18 Å². The first-order valence-electron chi connectivity index (χ1n) is 7.44. The van der Waals surface area contributed by atoms with Crippen LogP contribution in [0.25, 0.3) is 0 Å². The summed E-state index contributed by atoms with van der Waals surface area (Å²) < 4.78 is 12.8. The molecule has 0 bridgehead atoms. The fourth-order valence-electron chi connectivity index (χ4n) is 2.53. The highest BCUT2D eigenvalue weighted by molar-refractivity contribution is 7.99. The summed E-state index contributed by atoms with van der Waals surface area (Å²) in [7, 11) is 2.03. The molecule has 0 aliphatic carbocycles. The molecule has 1 aromatic rings. The standard InChI is InChI=1S/C16H23FN2OS/c1-19(15-7-10-21-11-8-15)12-16(20)18-9-6-13-2-4-14(17)5-3-13/h2-5,15H,6-12H2,1H3,(H,18,20). The van der Waals surface area contributed by atoms with Crippen molar-refractivity contribution >= 4 is 17.7 Å². The molecule has 1 heterocycles. The minimum absolute atomic E-state index is 0.0674. The maximum atomic E-state index is 12.8. The second-order valence-electron chi connectivity index (χ2n) is 5.49. The molecule has 1 fully saturated rings. The number of nitrogens with one attached hydrogen (secondary N) is 1. The van der Waals surface area contributed by atoms with Crippen LogP contribution in [0, 0.1) is 5.82 Å². The smallest absolute Gasteiger partial charge is 0.234 e. The van der Waals surface area contributed by atoms with Gasteiger partial charge in [0.2, 0.25) is 5.91 Å². The Morgan fingerprint density at radius 2 is 2.00 bits per heavy atom. The molecule has 2 rings (SSSR count). The van der Waals surface area contributed by atoms with E-state index in [2.05, 4.69) is 10.2 Å². The Morgan fingerprint density at radius 1 is 1.33 bits per heavy atom. The second-order valence-corrected chi connectivity index (χ2v) is 6.71. The number of benzene rings is 1. The van der Waals surface area contributed by atoms with E-state index in [1.807, 2.05) is 18.8 Å². The summed E-state index contributed by atoms with van der Waals surface area (Å²) in [4.78, 5) is 14.1. The lowest BCUT2D eigenvalue weighted by molar-refractivity contribution is -0.122. The fourth-order valence-corrected chi connectivity index (χ4v) is 3.62. The lowest BCUT2D eigenvalue weighted by atomic mass is 10.1. The van der Waals surface area contributed by atoms with Crippen LogP contribution in [0.5, 0.6) is 0 Å². The molecule has 0 spiro atoms. The van der Waals surface area contributed by atoms with Crippen molar-refractivity contribution in [3.63, 3.8) is 0 Å². The number of likely N-dealkylation sites (N-methyl/N-ethyl adjacent to an activating group) is 1. The topological polar surface area (TPSA) is 32.3 Å². The normalized spacial score (nSPS) is 16.1. The number of hydrogen-bond acceptors (Lipinski definition) is 3. The number of halogens is 1. The van der Waals surface area contributed by atoms with Crippen molar-refractivity contribution in [3.8, 4) is 0 Å². The fraction of sp³-hybridized carbons (Fsp3) is 0.562. The van der Waals surface area contributed by atoms with E-state index in [4.69, 9.17) is 0 Å². The molecule has 0 unspecified atom stereocenters. The van der Waals surface area contributed by atoms with Crippen LogP contribution in [0.3, 0.4) is 0 Å². The third kappa shape index (κ3) is 5.67. The number of rotatable bonds is 6. The largest absolute Gasteiger partial charge is 0.355 e. The van der Waals surface area contributed by atoms with Crippen molar-refractivity contribution in [2.45, 2.75) is 25.3 Å². The predicted molar refractivity (Wildman–Crippen MR) is 86.1 cm³/mol. The van der Waals surface area contributed by atoms with Gasteiger partial charge >= 0.3 is 0 Å². The van der Waals surface area contributed by atoms with Gasteiger partial charge in [-0.3, -0.25) is 9.69 Å². The zero-order valence-corrected chi connectivity index (χ0v) is 13.3. The number of amides is 1. The van der Waals surface area contributed by atoms with E-state index in [1.54, 1.807) is 12.1 Å². The van der Waals surface area contributed by atoms with Gasteiger partial charge in [-0.2, -0.15) is 11.8 Å². The molecule has 3 nitrogen and oxygen atoms in total. The highest BCUT2D eigenvalue weighted by Gasteiger charge is 2.19. The van der Waals surface area contributed by atoms with Crippen molar-refractivity contribution in [1.29, 1.82) is 0 Å². The van der Waals surface area contributed by atoms with Gasteiger partial charge in [0.25, 0.3) is 0 Å². The van der Waals surface area contributed by atoms with Gasteiger partial charge in [0.1, 0.15) is 5.82 Å². The lowest BCUT2D eigenvalue weighted by Crippen LogP contribution is -2.42. The SMILES string of the molecule is CN(CC(=O)NCCc1ccc(F)cc1)C1CCSCC1. The molecule has 5 heteroatoms. The Labute approximate surface area is 130 Å². The molecule has 1 saturated heterocycles. The van der Waals surface area contributed by atoms with Gasteiger partial charge in [-0.1, -0.05) is 12.1 Å². The zero-order valence-electron chi connectivity index (χ0n) is 12.5. The van der Waals surface area contributed by atoms with Gasteiger partial charge in [-0.15, -0.1) is 0 Å². The van der Waals surface area contributed by atoms with E-state index < -0.39 is 0 Å². The van der Waals surface area contributed by atoms with Crippen LogP contribution in [0.15, 0.2) is 24.3 Å². The molecular formula is C16H23FN2OS. The second kappa shape index (κ2) is 8.39. The van der Waals surface area contributed by atoms with Crippen LogP contribution < -0.4 is 5.32 Å². The summed E-state index contributed by atoms with van der Waals surface area (Å²) in [5.74, 6) is 2.23. The number of thioether (sulfide) groups is 1. The lowest BCUT2D eigenvalue weighted by Gasteiger charge is -2.30. The average molecular weight is 310 g/mol. The molecule has 0 atom stereocenters. The molecule has 1 N–H and O–H groups in total. The summed E-state index contributed by atoms with van der Waals surface area (Å²) in [6.45, 7) is 1.05. The maximum Gasteiger partial charge on any atom is 0.234 e. The molecular weight excluding hydrogens is 287 g/mol. The van der Waals surface area contributed by atoms with E-state index in [0.717, 1.165) is 12.0 Å². The summed E-state index contributed by atoms with van der Waals surface area (Å²) in [6.07, 6.45) is 3.07. The van der Waals surface area contributed by atoms with E-state index in [0.29, 0.717) is 19.1 Å². The molecule has 0 radical (unpaired) electrons. The third-order valence-electron chi connectivity index (χ3n) is 3.86. The van der Waals surface area contributed by atoms with Crippen LogP contribution in [-0.4, -0.2) is 48.5 Å². The maximum absolute atomic E-state index is 12.8. The number of hydrogen-bond donors (Lipinski definition) is 1. The van der Waals surface area contributed by atoms with Gasteiger partial charge in [-0.05, 0) is 55.5 Å². The van der Waals surface area contributed by atoms with Gasteiger partial charge in [-0.25, -0.2) is 4.39 Å². The van der Waals surface area contributed by atoms with Crippen LogP contribution in [0.2, 0.25) is 0 Å². The predicted octanol–water partition coefficient (Wildman–Crippen LogP) is 2.31. The van der Waals surface area contributed by atoms with Crippen LogP contribution >= 0.6 is 11.8 Å². The van der Waals surface area contributed by atoms with Gasteiger partial charge in [0.15, 0.2) is 0 Å². The van der Waals surface area contributed by atoms with Crippen LogP contribution in [-0.2, 0) is 11.2 Å². The Hall–Kier alpha value is -1.07. The Morgan fingerprint density at radius 3 is 2.67 bits per heavy atom. The quantitative estimate of drug-likeness (QED) is 0.875. The van der Waals surface area contributed by atoms with E-state index in [-0.39, 0.29) is 11.7 Å². The van der Waals surface area contributed by atoms with Crippen molar-refractivity contribution in [2.75, 3.05) is 31.6 Å². The van der Waals surface area contributed by atoms with Gasteiger partial charge in [0, 0.05) is 12.6 Å². The number of nitrogens with zero attached hydrogens (tertiary/aromatic N) is 1. The first kappa shape index (κ1) is 16.3. The minimum Gasteiger partial charge on any atom is -0.355 e. The van der Waals surface area contributed by atoms with Crippen molar-refractivity contribution in [3.05, 3.63) is 35.6 Å². The first-order chi connectivity index (χ1) is 10.1.